The third-order valence-electron chi connectivity index (χ3n) is 4.80. The minimum absolute atomic E-state index is 0.0663. The number of aromatic nitrogens is 2. The number of carbonyl (C=O) groups is 1. The molecule has 1 heterocycles. The van der Waals surface area contributed by atoms with E-state index in [0.29, 0.717) is 17.1 Å². The number of amides is 1. The number of rotatable bonds is 5. The number of nitrogens with one attached hydrogen (secondary N) is 1. The Labute approximate surface area is 168 Å². The lowest BCUT2D eigenvalue weighted by Crippen LogP contribution is -2.26. The SMILES string of the molecule is CC(NC(=O)c1ccc2cnn(Cc3ccc(Cl)cc3)c2c1)c1ccccc1. The molecule has 4 rings (SSSR count). The summed E-state index contributed by atoms with van der Waals surface area (Å²) in [5.41, 5.74) is 3.72. The molecular weight excluding hydrogens is 370 g/mol. The van der Waals surface area contributed by atoms with Gasteiger partial charge in [0.05, 0.1) is 24.3 Å². The molecule has 0 bridgehead atoms. The molecule has 1 aromatic heterocycles. The zero-order valence-electron chi connectivity index (χ0n) is 15.5. The van der Waals surface area contributed by atoms with Gasteiger partial charge in [0.2, 0.25) is 0 Å². The molecule has 4 aromatic rings. The van der Waals surface area contributed by atoms with Gasteiger partial charge in [-0.1, -0.05) is 60.1 Å². The van der Waals surface area contributed by atoms with Gasteiger partial charge in [-0.3, -0.25) is 9.48 Å². The highest BCUT2D eigenvalue weighted by Crippen LogP contribution is 2.19. The maximum atomic E-state index is 12.7. The van der Waals surface area contributed by atoms with Crippen LogP contribution in [0.25, 0.3) is 10.9 Å². The minimum Gasteiger partial charge on any atom is -0.346 e. The maximum Gasteiger partial charge on any atom is 0.251 e. The smallest absolute Gasteiger partial charge is 0.251 e. The van der Waals surface area contributed by atoms with Crippen LogP contribution in [0.5, 0.6) is 0 Å². The number of carbonyl (C=O) groups excluding carboxylic acids is 1. The highest BCUT2D eigenvalue weighted by molar-refractivity contribution is 6.30. The van der Waals surface area contributed by atoms with Crippen molar-refractivity contribution >= 4 is 28.4 Å². The number of hydrogen-bond donors (Lipinski definition) is 1. The van der Waals surface area contributed by atoms with Crippen molar-refractivity contribution in [3.8, 4) is 0 Å². The monoisotopic (exact) mass is 389 g/mol. The van der Waals surface area contributed by atoms with E-state index in [2.05, 4.69) is 10.4 Å². The van der Waals surface area contributed by atoms with Gasteiger partial charge in [0.1, 0.15) is 0 Å². The quantitative estimate of drug-likeness (QED) is 0.508. The van der Waals surface area contributed by atoms with Crippen LogP contribution in [-0.2, 0) is 6.54 Å². The summed E-state index contributed by atoms with van der Waals surface area (Å²) in [6, 6.07) is 23.2. The van der Waals surface area contributed by atoms with Crippen molar-refractivity contribution in [2.75, 3.05) is 0 Å². The number of fused-ring (bicyclic) bond motifs is 1. The second-order valence-corrected chi connectivity index (χ2v) is 7.24. The first-order valence-electron chi connectivity index (χ1n) is 9.16. The first-order chi connectivity index (χ1) is 13.6. The second-order valence-electron chi connectivity index (χ2n) is 6.81. The summed E-state index contributed by atoms with van der Waals surface area (Å²) in [6.07, 6.45) is 1.82. The van der Waals surface area contributed by atoms with E-state index in [4.69, 9.17) is 11.6 Å². The van der Waals surface area contributed by atoms with Crippen molar-refractivity contribution in [3.63, 3.8) is 0 Å². The van der Waals surface area contributed by atoms with Gasteiger partial charge in [0.25, 0.3) is 5.91 Å². The predicted molar refractivity (Wildman–Crippen MR) is 113 cm³/mol. The normalized spacial score (nSPS) is 12.1. The van der Waals surface area contributed by atoms with E-state index in [0.717, 1.165) is 22.0 Å². The number of nitrogens with zero attached hydrogens (tertiary/aromatic N) is 2. The van der Waals surface area contributed by atoms with E-state index < -0.39 is 0 Å². The van der Waals surface area contributed by atoms with Gasteiger partial charge in [-0.25, -0.2) is 0 Å². The maximum absolute atomic E-state index is 12.7. The van der Waals surface area contributed by atoms with E-state index in [-0.39, 0.29) is 11.9 Å². The Bertz CT molecular complexity index is 1100. The van der Waals surface area contributed by atoms with Crippen molar-refractivity contribution in [2.24, 2.45) is 0 Å². The first-order valence-corrected chi connectivity index (χ1v) is 9.54. The van der Waals surface area contributed by atoms with Crippen LogP contribution in [0, 0.1) is 0 Å². The highest BCUT2D eigenvalue weighted by atomic mass is 35.5. The Hall–Kier alpha value is -3.11. The summed E-state index contributed by atoms with van der Waals surface area (Å²) in [4.78, 5) is 12.7. The molecule has 1 atom stereocenters. The van der Waals surface area contributed by atoms with Gasteiger partial charge < -0.3 is 5.32 Å². The molecule has 140 valence electrons. The van der Waals surface area contributed by atoms with Crippen LogP contribution in [-0.4, -0.2) is 15.7 Å². The molecule has 5 heteroatoms. The van der Waals surface area contributed by atoms with Crippen LogP contribution >= 0.6 is 11.6 Å². The van der Waals surface area contributed by atoms with E-state index >= 15 is 0 Å². The standard InChI is InChI=1S/C23H20ClN3O/c1-16(18-5-3-2-4-6-18)26-23(28)19-9-10-20-14-25-27(22(20)13-19)15-17-7-11-21(24)12-8-17/h2-14,16H,15H2,1H3,(H,26,28). The van der Waals surface area contributed by atoms with E-state index in [1.807, 2.05) is 90.6 Å². The lowest BCUT2D eigenvalue weighted by Gasteiger charge is -2.14. The highest BCUT2D eigenvalue weighted by Gasteiger charge is 2.13. The average molecular weight is 390 g/mol. The molecule has 0 saturated carbocycles. The Morgan fingerprint density at radius 1 is 1.07 bits per heavy atom. The molecule has 0 aliphatic carbocycles. The van der Waals surface area contributed by atoms with E-state index in [1.165, 1.54) is 0 Å². The Balaban J connectivity index is 1.56. The third-order valence-corrected chi connectivity index (χ3v) is 5.05. The third kappa shape index (κ3) is 3.92. The molecule has 1 amide bonds. The van der Waals surface area contributed by atoms with Gasteiger partial charge in [-0.2, -0.15) is 5.10 Å². The molecule has 0 aliphatic rings. The molecule has 0 aliphatic heterocycles. The van der Waals surface area contributed by atoms with Crippen molar-refractivity contribution in [1.82, 2.24) is 15.1 Å². The molecular formula is C23H20ClN3O. The summed E-state index contributed by atoms with van der Waals surface area (Å²) in [7, 11) is 0. The van der Waals surface area contributed by atoms with Crippen molar-refractivity contribution in [3.05, 3.63) is 101 Å². The first kappa shape index (κ1) is 18.3. The Morgan fingerprint density at radius 3 is 2.57 bits per heavy atom. The van der Waals surface area contributed by atoms with Crippen LogP contribution in [0.1, 0.15) is 34.5 Å². The zero-order chi connectivity index (χ0) is 19.5. The fraction of sp³-hybridized carbons (Fsp3) is 0.130. The van der Waals surface area contributed by atoms with Crippen LogP contribution in [0.3, 0.4) is 0 Å². The molecule has 0 radical (unpaired) electrons. The van der Waals surface area contributed by atoms with Crippen LogP contribution in [0.4, 0.5) is 0 Å². The molecule has 1 N–H and O–H groups in total. The van der Waals surface area contributed by atoms with Crippen molar-refractivity contribution < 1.29 is 4.79 Å². The van der Waals surface area contributed by atoms with Crippen molar-refractivity contribution in [2.45, 2.75) is 19.5 Å². The fourth-order valence-electron chi connectivity index (χ4n) is 3.21. The molecule has 0 fully saturated rings. The van der Waals surface area contributed by atoms with Crippen LogP contribution < -0.4 is 5.32 Å². The lowest BCUT2D eigenvalue weighted by molar-refractivity contribution is 0.0940. The fourth-order valence-corrected chi connectivity index (χ4v) is 3.33. The number of benzene rings is 3. The van der Waals surface area contributed by atoms with Gasteiger partial charge in [0, 0.05) is 16.0 Å². The van der Waals surface area contributed by atoms with E-state index in [1.54, 1.807) is 0 Å². The number of hydrogen-bond acceptors (Lipinski definition) is 2. The zero-order valence-corrected chi connectivity index (χ0v) is 16.2. The summed E-state index contributed by atoms with van der Waals surface area (Å²) in [6.45, 7) is 2.60. The van der Waals surface area contributed by atoms with Gasteiger partial charge in [-0.15, -0.1) is 0 Å². The van der Waals surface area contributed by atoms with Gasteiger partial charge >= 0.3 is 0 Å². The van der Waals surface area contributed by atoms with Crippen LogP contribution in [0.2, 0.25) is 5.02 Å². The molecule has 4 nitrogen and oxygen atoms in total. The molecule has 1 unspecified atom stereocenters. The van der Waals surface area contributed by atoms with Crippen LogP contribution in [0.15, 0.2) is 79.0 Å². The Morgan fingerprint density at radius 2 is 1.82 bits per heavy atom. The number of halogens is 1. The summed E-state index contributed by atoms with van der Waals surface area (Å²) < 4.78 is 1.90. The minimum atomic E-state index is -0.0995. The van der Waals surface area contributed by atoms with Crippen molar-refractivity contribution in [1.29, 1.82) is 0 Å². The molecule has 3 aromatic carbocycles. The van der Waals surface area contributed by atoms with Gasteiger partial charge in [0.15, 0.2) is 0 Å². The summed E-state index contributed by atoms with van der Waals surface area (Å²) >= 11 is 5.96. The lowest BCUT2D eigenvalue weighted by atomic mass is 10.1. The van der Waals surface area contributed by atoms with Gasteiger partial charge in [-0.05, 0) is 42.3 Å². The summed E-state index contributed by atoms with van der Waals surface area (Å²) in [5, 5.41) is 9.25. The predicted octanol–water partition coefficient (Wildman–Crippen LogP) is 5.23. The molecule has 0 spiro atoms. The molecule has 28 heavy (non-hydrogen) atoms. The average Bonchev–Trinajstić information content (AvgIpc) is 3.12. The summed E-state index contributed by atoms with van der Waals surface area (Å²) in [5.74, 6) is -0.0995. The molecule has 0 saturated heterocycles. The second kappa shape index (κ2) is 7.87. The van der Waals surface area contributed by atoms with E-state index in [9.17, 15) is 4.79 Å². The largest absolute Gasteiger partial charge is 0.346 e. The Kier molecular flexibility index (Phi) is 5.13. The topological polar surface area (TPSA) is 46.9 Å².